The van der Waals surface area contributed by atoms with Gasteiger partial charge in [-0.05, 0) is 19.3 Å². The van der Waals surface area contributed by atoms with Crippen molar-refractivity contribution < 1.29 is 14.4 Å². The number of aryl methyl sites for hydroxylation is 1. The van der Waals surface area contributed by atoms with Crippen molar-refractivity contribution in [2.45, 2.75) is 66.2 Å². The van der Waals surface area contributed by atoms with E-state index in [2.05, 4.69) is 77.1 Å². The van der Waals surface area contributed by atoms with Gasteiger partial charge in [0, 0.05) is 0 Å². The molecule has 0 saturated carbocycles. The molecule has 1 aromatic carbocycles. The summed E-state index contributed by atoms with van der Waals surface area (Å²) >= 11 is 1.20. The third-order valence-corrected chi connectivity index (χ3v) is 3.98. The number of carbonyl (C=O) groups excluding carboxylic acids is 3. The predicted octanol–water partition coefficient (Wildman–Crippen LogP) is 5.23. The Bertz CT molecular complexity index is 620. The maximum atomic E-state index is 9.39. The zero-order valence-corrected chi connectivity index (χ0v) is 22.8. The van der Waals surface area contributed by atoms with E-state index >= 15 is 0 Å². The van der Waals surface area contributed by atoms with Gasteiger partial charge >= 0.3 is 75.0 Å². The molecule has 0 amide bonds. The molecule has 1 aromatic rings. The van der Waals surface area contributed by atoms with Crippen molar-refractivity contribution in [1.82, 2.24) is 0 Å². The molecule has 0 spiro atoms. The summed E-state index contributed by atoms with van der Waals surface area (Å²) in [5.74, 6) is 0. The Kier molecular flexibility index (Phi) is 35.2. The molecule has 31 heavy (non-hydrogen) atoms. The van der Waals surface area contributed by atoms with Crippen LogP contribution in [0.15, 0.2) is 43.3 Å². The fourth-order valence-corrected chi connectivity index (χ4v) is 2.27. The first kappa shape index (κ1) is 33.5. The third-order valence-electron chi connectivity index (χ3n) is 3.43. The number of unbranched alkanes of at least 4 members (excludes halogenated alkanes) is 3. The number of hydrogen-bond donors (Lipinski definition) is 0. The van der Waals surface area contributed by atoms with E-state index in [4.69, 9.17) is 0 Å². The van der Waals surface area contributed by atoms with Crippen molar-refractivity contribution in [3.63, 3.8) is 0 Å². The molecular formula is C24H37N3O3Sn. The predicted molar refractivity (Wildman–Crippen MR) is 131 cm³/mol. The van der Waals surface area contributed by atoms with Crippen molar-refractivity contribution >= 4 is 46.8 Å². The molecule has 0 atom stereocenters. The van der Waals surface area contributed by atoms with Crippen molar-refractivity contribution in [2.75, 3.05) is 19.6 Å². The summed E-state index contributed by atoms with van der Waals surface area (Å²) in [6, 6.07) is 8.55. The molecule has 6 nitrogen and oxygen atoms in total. The minimum atomic E-state index is 0.639. The molecule has 0 aliphatic carbocycles. The van der Waals surface area contributed by atoms with Gasteiger partial charge in [0.05, 0.1) is 19.6 Å². The number of hydrogen-bond acceptors (Lipinski definition) is 6. The second kappa shape index (κ2) is 32.6. The standard InChI is InChI=1S/C9H9.3C5H9NO.Sn.H/c1-3-9-6-4-8(2)5-7-9;3*1-2-3-4-6-5-7;;/h1,3-7H,2H3;3*2-4H2,1H3;;. The second-order valence-electron chi connectivity index (χ2n) is 6.25. The van der Waals surface area contributed by atoms with Crippen LogP contribution in [0.25, 0.3) is 6.08 Å². The van der Waals surface area contributed by atoms with Gasteiger partial charge in [-0.25, -0.2) is 29.4 Å². The van der Waals surface area contributed by atoms with Gasteiger partial charge in [-0.15, -0.1) is 0 Å². The fourth-order valence-electron chi connectivity index (χ4n) is 1.64. The van der Waals surface area contributed by atoms with Gasteiger partial charge in [0.15, 0.2) is 0 Å². The van der Waals surface area contributed by atoms with Crippen LogP contribution in [0, 0.1) is 6.92 Å². The first-order chi connectivity index (χ1) is 15.1. The van der Waals surface area contributed by atoms with Crippen LogP contribution < -0.4 is 0 Å². The van der Waals surface area contributed by atoms with Gasteiger partial charge in [0.1, 0.15) is 0 Å². The van der Waals surface area contributed by atoms with E-state index < -0.39 is 0 Å². The Labute approximate surface area is 201 Å². The van der Waals surface area contributed by atoms with Gasteiger partial charge in [-0.1, -0.05) is 40.0 Å². The van der Waals surface area contributed by atoms with Gasteiger partial charge in [-0.3, -0.25) is 0 Å². The van der Waals surface area contributed by atoms with Crippen LogP contribution in [0.2, 0.25) is 0 Å². The molecule has 170 valence electrons. The van der Waals surface area contributed by atoms with Gasteiger partial charge in [-0.2, -0.15) is 0 Å². The Hall–Kier alpha value is -2.10. The Balaban J connectivity index is -0.000000343. The number of benzene rings is 1. The summed E-state index contributed by atoms with van der Waals surface area (Å²) in [5, 5.41) is 0. The third kappa shape index (κ3) is 35.7. The van der Waals surface area contributed by atoms with Crippen LogP contribution >= 0.6 is 0 Å². The average molecular weight is 534 g/mol. The number of rotatable bonds is 10. The van der Waals surface area contributed by atoms with Crippen LogP contribution in [-0.2, 0) is 14.4 Å². The molecule has 0 saturated heterocycles. The van der Waals surface area contributed by atoms with E-state index in [1.165, 1.54) is 51.9 Å². The molecule has 2 radical (unpaired) electrons. The maximum absolute atomic E-state index is 9.39. The Morgan fingerprint density at radius 1 is 0.742 bits per heavy atom. The molecule has 0 fully saturated rings. The Morgan fingerprint density at radius 3 is 1.35 bits per heavy atom. The van der Waals surface area contributed by atoms with Crippen molar-refractivity contribution in [2.24, 2.45) is 15.0 Å². The van der Waals surface area contributed by atoms with E-state index in [-0.39, 0.29) is 0 Å². The summed E-state index contributed by atoms with van der Waals surface area (Å²) in [7, 11) is 0. The van der Waals surface area contributed by atoms with Gasteiger partial charge in [0.2, 0.25) is 18.2 Å². The molecule has 0 bridgehead atoms. The van der Waals surface area contributed by atoms with E-state index in [1.807, 2.05) is 0 Å². The zero-order valence-electron chi connectivity index (χ0n) is 19.5. The molecule has 0 aliphatic heterocycles. The van der Waals surface area contributed by atoms with Crippen LogP contribution in [-0.4, -0.2) is 60.4 Å². The topological polar surface area (TPSA) is 88.3 Å². The van der Waals surface area contributed by atoms with Crippen LogP contribution in [0.3, 0.4) is 0 Å². The van der Waals surface area contributed by atoms with E-state index in [0.29, 0.717) is 19.6 Å². The summed E-state index contributed by atoms with van der Waals surface area (Å²) in [4.78, 5) is 38.2. The minimum absolute atomic E-state index is 0.639. The van der Waals surface area contributed by atoms with Crippen LogP contribution in [0.5, 0.6) is 0 Å². The first-order valence-corrected chi connectivity index (χ1v) is 12.5. The summed E-state index contributed by atoms with van der Waals surface area (Å²) in [5.41, 5.74) is 2.63. The molecule has 0 unspecified atom stereocenters. The summed E-state index contributed by atoms with van der Waals surface area (Å²) in [6.07, 6.45) is 12.8. The molecule has 0 N–H and O–H groups in total. The number of nitrogens with zero attached hydrogens (tertiary/aromatic N) is 3. The molecule has 1 rings (SSSR count). The first-order valence-electron chi connectivity index (χ1n) is 10.6. The van der Waals surface area contributed by atoms with Crippen molar-refractivity contribution in [3.8, 4) is 0 Å². The fraction of sp³-hybridized carbons (Fsp3) is 0.542. The monoisotopic (exact) mass is 535 g/mol. The molecule has 7 heteroatoms. The normalized spacial score (nSPS) is 8.55. The van der Waals surface area contributed by atoms with Crippen LogP contribution in [0.1, 0.15) is 70.4 Å². The van der Waals surface area contributed by atoms with Crippen LogP contribution in [0.4, 0.5) is 0 Å². The summed E-state index contributed by atoms with van der Waals surface area (Å²) in [6.45, 7) is 10.2. The number of aliphatic imine (C=N–C) groups is 3. The zero-order chi connectivity index (χ0) is 24.0. The van der Waals surface area contributed by atoms with Gasteiger partial charge < -0.3 is 0 Å². The van der Waals surface area contributed by atoms with E-state index in [0.717, 1.165) is 38.5 Å². The van der Waals surface area contributed by atoms with Crippen molar-refractivity contribution in [3.05, 3.63) is 39.5 Å². The van der Waals surface area contributed by atoms with E-state index in [9.17, 15) is 14.4 Å². The Morgan fingerprint density at radius 2 is 1.10 bits per heavy atom. The molecule has 0 aromatic heterocycles. The average Bonchev–Trinajstić information content (AvgIpc) is 2.78. The van der Waals surface area contributed by atoms with E-state index in [1.54, 1.807) is 0 Å². The molecular weight excluding hydrogens is 497 g/mol. The number of isocyanates is 3. The second-order valence-corrected chi connectivity index (χ2v) is 7.35. The molecule has 0 aliphatic rings. The summed E-state index contributed by atoms with van der Waals surface area (Å²) < 4.78 is 2.18. The SMILES string of the molecule is CCCCN=C=O.CCCCN=C=O.CCCCN=C=O.Cc1ccc(/C=[CH]/[SnH])cc1. The molecule has 0 heterocycles. The van der Waals surface area contributed by atoms with Crippen molar-refractivity contribution in [1.29, 1.82) is 0 Å². The quantitative estimate of drug-likeness (QED) is 0.178. The van der Waals surface area contributed by atoms with Gasteiger partial charge in [0.25, 0.3) is 0 Å².